The molecule has 3 N–H and O–H groups in total. The van der Waals surface area contributed by atoms with E-state index in [1.54, 1.807) is 11.9 Å². The number of anilines is 2. The van der Waals surface area contributed by atoms with Crippen LogP contribution in [0.5, 0.6) is 0 Å². The monoisotopic (exact) mass is 424 g/mol. The Bertz CT molecular complexity index is 890. The molecular weight excluding hydrogens is 382 g/mol. The molecule has 1 aromatic rings. The molecule has 2 aliphatic carbocycles. The van der Waals surface area contributed by atoms with E-state index < -0.39 is 0 Å². The predicted octanol–water partition coefficient (Wildman–Crippen LogP) is 4.51. The van der Waals surface area contributed by atoms with E-state index in [4.69, 9.17) is 5.73 Å². The fourth-order valence-corrected chi connectivity index (χ4v) is 6.48. The molecule has 5 nitrogen and oxygen atoms in total. The number of nitrogens with one attached hydrogen (secondary N) is 1. The van der Waals surface area contributed by atoms with Gasteiger partial charge in [-0.1, -0.05) is 51.0 Å². The molecule has 2 heterocycles. The molecule has 170 valence electrons. The fraction of sp³-hybridized carbons (Fsp3) is 0.692. The van der Waals surface area contributed by atoms with Crippen molar-refractivity contribution in [1.29, 1.82) is 0 Å². The number of nitrogens with zero attached hydrogens (tertiary/aromatic N) is 3. The Morgan fingerprint density at radius 1 is 1.26 bits per heavy atom. The number of nitrogen functional groups attached to an aromatic ring is 1. The average Bonchev–Trinajstić information content (AvgIpc) is 3.07. The zero-order valence-electron chi connectivity index (χ0n) is 20.5. The van der Waals surface area contributed by atoms with Crippen LogP contribution in [0, 0.1) is 22.7 Å². The van der Waals surface area contributed by atoms with Gasteiger partial charge in [-0.15, -0.1) is 0 Å². The van der Waals surface area contributed by atoms with E-state index in [2.05, 4.69) is 68.7 Å². The van der Waals surface area contributed by atoms with Crippen molar-refractivity contribution in [2.75, 3.05) is 30.9 Å². The quantitative estimate of drug-likeness (QED) is 0.683. The topological polar surface area (TPSA) is 59.5 Å². The Kier molecular flexibility index (Phi) is 5.93. The van der Waals surface area contributed by atoms with Crippen molar-refractivity contribution < 1.29 is 4.90 Å². The molecule has 31 heavy (non-hydrogen) atoms. The van der Waals surface area contributed by atoms with Gasteiger partial charge in [-0.05, 0) is 68.1 Å². The van der Waals surface area contributed by atoms with Gasteiger partial charge in [0.25, 0.3) is 5.82 Å². The second kappa shape index (κ2) is 8.23. The average molecular weight is 425 g/mol. The predicted molar refractivity (Wildman–Crippen MR) is 129 cm³/mol. The number of nitrogens with two attached hydrogens (primary N) is 1. The smallest absolute Gasteiger partial charge is 0.256 e. The molecule has 3 aliphatic rings. The maximum absolute atomic E-state index is 6.17. The van der Waals surface area contributed by atoms with Crippen LogP contribution < -0.4 is 15.5 Å². The summed E-state index contributed by atoms with van der Waals surface area (Å²) >= 11 is 0. The van der Waals surface area contributed by atoms with Crippen molar-refractivity contribution in [2.45, 2.75) is 73.1 Å². The highest BCUT2D eigenvalue weighted by atomic mass is 15.4. The van der Waals surface area contributed by atoms with Crippen molar-refractivity contribution in [3.8, 4) is 0 Å². The number of quaternary nitrogens is 1. The zero-order valence-corrected chi connectivity index (χ0v) is 20.5. The van der Waals surface area contributed by atoms with Crippen molar-refractivity contribution in [1.82, 2.24) is 9.97 Å². The van der Waals surface area contributed by atoms with Gasteiger partial charge >= 0.3 is 0 Å². The molecule has 1 unspecified atom stereocenters. The van der Waals surface area contributed by atoms with Crippen LogP contribution in [0.1, 0.15) is 73.1 Å². The number of aromatic nitrogens is 2. The van der Waals surface area contributed by atoms with E-state index in [0.29, 0.717) is 16.6 Å². The Morgan fingerprint density at radius 3 is 2.81 bits per heavy atom. The molecule has 0 bridgehead atoms. The number of rotatable bonds is 5. The number of hydrogen-bond donors (Lipinski definition) is 2. The van der Waals surface area contributed by atoms with Crippen LogP contribution in [0.15, 0.2) is 29.6 Å². The van der Waals surface area contributed by atoms with Gasteiger partial charge in [0.15, 0.2) is 18.2 Å². The zero-order chi connectivity index (χ0) is 22.4. The van der Waals surface area contributed by atoms with Gasteiger partial charge in [0.2, 0.25) is 0 Å². The summed E-state index contributed by atoms with van der Waals surface area (Å²) in [5, 5.41) is 0. The van der Waals surface area contributed by atoms with Crippen molar-refractivity contribution >= 4 is 17.3 Å². The summed E-state index contributed by atoms with van der Waals surface area (Å²) in [5.74, 6) is 3.16. The first-order chi connectivity index (χ1) is 14.7. The Morgan fingerprint density at radius 2 is 2.03 bits per heavy atom. The van der Waals surface area contributed by atoms with Gasteiger partial charge in [-0.3, -0.25) is 4.90 Å². The summed E-state index contributed by atoms with van der Waals surface area (Å²) in [5.41, 5.74) is 11.2. The summed E-state index contributed by atoms with van der Waals surface area (Å²) in [6.45, 7) is 14.1. The van der Waals surface area contributed by atoms with E-state index in [9.17, 15) is 0 Å². The first-order valence-corrected chi connectivity index (χ1v) is 12.2. The van der Waals surface area contributed by atoms with Crippen LogP contribution in [-0.2, 0) is 0 Å². The molecule has 0 saturated heterocycles. The lowest BCUT2D eigenvalue weighted by molar-refractivity contribution is -0.805. The fourth-order valence-electron chi connectivity index (χ4n) is 6.48. The first-order valence-electron chi connectivity index (χ1n) is 12.2. The van der Waals surface area contributed by atoms with Crippen LogP contribution in [0.25, 0.3) is 0 Å². The molecule has 1 fully saturated rings. The molecule has 4 rings (SSSR count). The molecule has 0 amide bonds. The second-order valence-corrected chi connectivity index (χ2v) is 11.0. The number of allylic oxidation sites excluding steroid dienone is 3. The van der Waals surface area contributed by atoms with Gasteiger partial charge in [-0.25, -0.2) is 4.98 Å². The van der Waals surface area contributed by atoms with E-state index in [0.717, 1.165) is 43.0 Å². The lowest BCUT2D eigenvalue weighted by Crippen LogP contribution is -3.03. The lowest BCUT2D eigenvalue weighted by Gasteiger charge is -2.56. The number of fused-ring (bicyclic) bond motifs is 2. The molecule has 0 spiro atoms. The van der Waals surface area contributed by atoms with E-state index >= 15 is 0 Å². The highest BCUT2D eigenvalue weighted by molar-refractivity contribution is 5.73. The van der Waals surface area contributed by atoms with E-state index in [1.807, 2.05) is 0 Å². The minimum Gasteiger partial charge on any atom is -0.382 e. The van der Waals surface area contributed by atoms with Crippen LogP contribution in [0.3, 0.4) is 0 Å². The first kappa shape index (κ1) is 22.3. The third kappa shape index (κ3) is 3.79. The summed E-state index contributed by atoms with van der Waals surface area (Å²) in [6.07, 6.45) is 14.3. The molecule has 5 heteroatoms. The molecule has 1 aliphatic heterocycles. The standard InChI is InChI=1S/C26H41N5/c1-18(12-15-31-17-30(6)24-22(31)23(27)28-16-29-24)10-13-25(4)20(3)11-14-26(5)19(2)8-7-9-21(25)26/h9,12,16,19-20H,7-8,10-11,13-15,17H2,1-6H3,(H2,27,28,29)/p+1/b18-12+/t19-,20-,25+,26+/m1/s1. The van der Waals surface area contributed by atoms with Gasteiger partial charge in [0.05, 0.1) is 7.05 Å². The van der Waals surface area contributed by atoms with Crippen molar-refractivity contribution in [2.24, 2.45) is 22.7 Å². The molecule has 5 atom stereocenters. The molecule has 0 aromatic carbocycles. The van der Waals surface area contributed by atoms with E-state index in [1.165, 1.54) is 42.6 Å². The summed E-state index contributed by atoms with van der Waals surface area (Å²) in [7, 11) is 2.14. The maximum Gasteiger partial charge on any atom is 0.256 e. The third-order valence-corrected chi connectivity index (χ3v) is 9.15. The lowest BCUT2D eigenvalue weighted by atomic mass is 9.49. The highest BCUT2D eigenvalue weighted by Gasteiger charge is 2.50. The Balaban J connectivity index is 1.46. The van der Waals surface area contributed by atoms with Gasteiger partial charge < -0.3 is 10.6 Å². The van der Waals surface area contributed by atoms with Crippen LogP contribution in [0.2, 0.25) is 0 Å². The van der Waals surface area contributed by atoms with Crippen molar-refractivity contribution in [3.05, 3.63) is 29.6 Å². The maximum atomic E-state index is 6.17. The third-order valence-electron chi connectivity index (χ3n) is 9.15. The summed E-state index contributed by atoms with van der Waals surface area (Å²) < 4.78 is 0. The van der Waals surface area contributed by atoms with Gasteiger partial charge in [0.1, 0.15) is 6.33 Å². The Hall–Kier alpha value is -1.88. The molecule has 1 saturated carbocycles. The van der Waals surface area contributed by atoms with Crippen molar-refractivity contribution in [3.63, 3.8) is 0 Å². The Labute approximate surface area is 188 Å². The van der Waals surface area contributed by atoms with E-state index in [-0.39, 0.29) is 0 Å². The van der Waals surface area contributed by atoms with Crippen LogP contribution in [-0.4, -0.2) is 30.2 Å². The molecular formula is C26H42N5+. The van der Waals surface area contributed by atoms with Crippen LogP contribution >= 0.6 is 0 Å². The largest absolute Gasteiger partial charge is 0.382 e. The minimum absolute atomic E-state index is 0.319. The van der Waals surface area contributed by atoms with Gasteiger partial charge in [0, 0.05) is 6.54 Å². The van der Waals surface area contributed by atoms with Gasteiger partial charge in [-0.2, -0.15) is 4.98 Å². The highest BCUT2D eigenvalue weighted by Crippen LogP contribution is 2.61. The summed E-state index contributed by atoms with van der Waals surface area (Å²) in [6, 6.07) is 0. The minimum atomic E-state index is 0.319. The van der Waals surface area contributed by atoms with Crippen LogP contribution in [0.4, 0.5) is 17.3 Å². The second-order valence-electron chi connectivity index (χ2n) is 11.0. The number of hydrogen-bond acceptors (Lipinski definition) is 4. The SMILES string of the molecule is C/C(=C\CN1C[NH+](C)c2ncnc(N)c21)CC[C@]1(C)C2=CCC[C@@H](C)[C@]2(C)CC[C@H]1C. The summed E-state index contributed by atoms with van der Waals surface area (Å²) in [4.78, 5) is 12.3. The molecule has 1 aromatic heterocycles. The molecule has 0 radical (unpaired) electrons. The normalized spacial score (nSPS) is 35.5.